The molecule has 0 unspecified atom stereocenters. The highest BCUT2D eigenvalue weighted by atomic mass is 19.1. The van der Waals surface area contributed by atoms with Crippen molar-refractivity contribution in [2.24, 2.45) is 0 Å². The normalized spacial score (nSPS) is 13.7. The van der Waals surface area contributed by atoms with E-state index >= 15 is 0 Å². The van der Waals surface area contributed by atoms with Gasteiger partial charge in [-0.1, -0.05) is 31.5 Å². The van der Waals surface area contributed by atoms with Crippen molar-refractivity contribution >= 4 is 28.8 Å². The van der Waals surface area contributed by atoms with Gasteiger partial charge in [0.1, 0.15) is 11.4 Å². The van der Waals surface area contributed by atoms with Crippen LogP contribution in [0.3, 0.4) is 0 Å². The molecule has 0 saturated carbocycles. The van der Waals surface area contributed by atoms with Crippen molar-refractivity contribution in [2.45, 2.75) is 33.6 Å². The number of carbonyl (C=O) groups excluding carboxylic acids is 2. The number of hydrogen-bond acceptors (Lipinski definition) is 3. The van der Waals surface area contributed by atoms with Gasteiger partial charge < -0.3 is 0 Å². The molecule has 1 aliphatic rings. The van der Waals surface area contributed by atoms with E-state index in [4.69, 9.17) is 0 Å². The lowest BCUT2D eigenvalue weighted by Crippen LogP contribution is -2.39. The minimum absolute atomic E-state index is 0.0132. The van der Waals surface area contributed by atoms with Gasteiger partial charge in [0, 0.05) is 17.8 Å². The van der Waals surface area contributed by atoms with Crippen LogP contribution < -0.4 is 15.0 Å². The summed E-state index contributed by atoms with van der Waals surface area (Å²) in [4.78, 5) is 42.7. The van der Waals surface area contributed by atoms with Crippen molar-refractivity contribution in [2.75, 3.05) is 4.90 Å². The van der Waals surface area contributed by atoms with E-state index in [1.54, 1.807) is 35.2 Å². The summed E-state index contributed by atoms with van der Waals surface area (Å²) in [5, 5.41) is 3.21. The van der Waals surface area contributed by atoms with Crippen LogP contribution in [-0.4, -0.2) is 21.6 Å². The van der Waals surface area contributed by atoms with E-state index in [1.165, 1.54) is 28.9 Å². The SMILES string of the molecule is CCCc1[nH]n(-c2cccc(C)c2C)c(=O)c1C1=C([n+]2ccccc2)C(=O)N(c2ccc(F)cc2)C1=O. The van der Waals surface area contributed by atoms with Gasteiger partial charge in [-0.25, -0.2) is 14.0 Å². The maximum absolute atomic E-state index is 14.0. The number of aromatic nitrogens is 3. The first-order valence-electron chi connectivity index (χ1n) is 12.1. The molecule has 2 aromatic heterocycles. The van der Waals surface area contributed by atoms with Gasteiger partial charge in [0.2, 0.25) is 0 Å². The molecule has 0 atom stereocenters. The van der Waals surface area contributed by atoms with Crippen molar-refractivity contribution in [3.05, 3.63) is 112 Å². The fourth-order valence-electron chi connectivity index (χ4n) is 4.67. The van der Waals surface area contributed by atoms with E-state index in [0.29, 0.717) is 24.2 Å². The second kappa shape index (κ2) is 9.46. The third-order valence-electron chi connectivity index (χ3n) is 6.65. The summed E-state index contributed by atoms with van der Waals surface area (Å²) in [5.74, 6) is -1.71. The summed E-state index contributed by atoms with van der Waals surface area (Å²) < 4.78 is 16.6. The summed E-state index contributed by atoms with van der Waals surface area (Å²) in [5.41, 5.74) is 3.25. The molecule has 2 aromatic carbocycles. The number of halogens is 1. The van der Waals surface area contributed by atoms with Gasteiger partial charge in [-0.3, -0.25) is 19.5 Å². The summed E-state index contributed by atoms with van der Waals surface area (Å²) in [6, 6.07) is 16.1. The number of benzene rings is 2. The summed E-state index contributed by atoms with van der Waals surface area (Å²) in [6.07, 6.45) is 4.52. The highest BCUT2D eigenvalue weighted by Crippen LogP contribution is 2.34. The summed E-state index contributed by atoms with van der Waals surface area (Å²) >= 11 is 0. The van der Waals surface area contributed by atoms with Gasteiger partial charge in [0.15, 0.2) is 12.4 Å². The second-order valence-electron chi connectivity index (χ2n) is 9.00. The van der Waals surface area contributed by atoms with Crippen LogP contribution in [0.1, 0.15) is 35.7 Å². The number of carbonyl (C=O) groups is 2. The lowest BCUT2D eigenvalue weighted by atomic mass is 10.0. The molecular formula is C29H26FN4O3+. The van der Waals surface area contributed by atoms with Gasteiger partial charge in [-0.05, 0) is 61.7 Å². The minimum Gasteiger partial charge on any atom is -0.294 e. The van der Waals surface area contributed by atoms with Gasteiger partial charge in [0.25, 0.3) is 17.2 Å². The Balaban J connectivity index is 1.79. The molecule has 37 heavy (non-hydrogen) atoms. The van der Waals surface area contributed by atoms with Crippen LogP contribution in [0.4, 0.5) is 10.1 Å². The molecule has 2 amide bonds. The third kappa shape index (κ3) is 4.00. The topological polar surface area (TPSA) is 79.1 Å². The quantitative estimate of drug-likeness (QED) is 0.322. The van der Waals surface area contributed by atoms with E-state index in [-0.39, 0.29) is 22.5 Å². The molecule has 0 spiro atoms. The largest absolute Gasteiger partial charge is 0.331 e. The molecule has 1 N–H and O–H groups in total. The lowest BCUT2D eigenvalue weighted by Gasteiger charge is -2.13. The number of hydrogen-bond donors (Lipinski definition) is 1. The van der Waals surface area contributed by atoms with Crippen LogP contribution in [-0.2, 0) is 16.0 Å². The molecule has 0 saturated heterocycles. The van der Waals surface area contributed by atoms with E-state index < -0.39 is 23.2 Å². The first-order valence-corrected chi connectivity index (χ1v) is 12.1. The Bertz CT molecular complexity index is 1620. The lowest BCUT2D eigenvalue weighted by molar-refractivity contribution is -0.576. The zero-order valence-corrected chi connectivity index (χ0v) is 20.8. The predicted molar refractivity (Wildman–Crippen MR) is 138 cm³/mol. The summed E-state index contributed by atoms with van der Waals surface area (Å²) in [6.45, 7) is 5.88. The Morgan fingerprint density at radius 3 is 2.27 bits per heavy atom. The molecule has 4 aromatic rings. The molecule has 0 fully saturated rings. The number of aromatic amines is 1. The van der Waals surface area contributed by atoms with Crippen LogP contribution in [0.2, 0.25) is 0 Å². The van der Waals surface area contributed by atoms with Crippen molar-refractivity contribution < 1.29 is 18.5 Å². The molecule has 0 aliphatic carbocycles. The number of H-pyrrole nitrogens is 1. The average molecular weight is 498 g/mol. The number of amides is 2. The smallest absolute Gasteiger partial charge is 0.294 e. The number of imide groups is 1. The highest BCUT2D eigenvalue weighted by molar-refractivity contribution is 6.53. The monoisotopic (exact) mass is 497 g/mol. The average Bonchev–Trinajstić information content (AvgIpc) is 3.34. The molecule has 1 aliphatic heterocycles. The van der Waals surface area contributed by atoms with Crippen molar-refractivity contribution in [1.29, 1.82) is 0 Å². The van der Waals surface area contributed by atoms with Crippen LogP contribution in [0.5, 0.6) is 0 Å². The molecular weight excluding hydrogens is 471 g/mol. The first kappa shape index (κ1) is 24.1. The zero-order valence-electron chi connectivity index (χ0n) is 20.8. The van der Waals surface area contributed by atoms with Gasteiger partial charge >= 0.3 is 5.91 Å². The molecule has 0 bridgehead atoms. The summed E-state index contributed by atoms with van der Waals surface area (Å²) in [7, 11) is 0. The molecule has 8 heteroatoms. The molecule has 3 heterocycles. The number of nitrogens with zero attached hydrogens (tertiary/aromatic N) is 3. The number of anilines is 1. The molecule has 7 nitrogen and oxygen atoms in total. The number of pyridine rings is 1. The number of nitrogens with one attached hydrogen (secondary N) is 1. The Hall–Kier alpha value is -4.59. The van der Waals surface area contributed by atoms with E-state index in [0.717, 1.165) is 16.0 Å². The van der Waals surface area contributed by atoms with Crippen LogP contribution in [0.25, 0.3) is 17.0 Å². The zero-order chi connectivity index (χ0) is 26.3. The van der Waals surface area contributed by atoms with E-state index in [9.17, 15) is 18.8 Å². The molecule has 0 radical (unpaired) electrons. The Kier molecular flexibility index (Phi) is 6.17. The van der Waals surface area contributed by atoms with Crippen LogP contribution in [0.15, 0.2) is 77.9 Å². The van der Waals surface area contributed by atoms with Gasteiger partial charge in [-0.15, -0.1) is 0 Å². The molecule has 5 rings (SSSR count). The predicted octanol–water partition coefficient (Wildman–Crippen LogP) is 4.10. The Morgan fingerprint density at radius 1 is 0.892 bits per heavy atom. The molecule has 186 valence electrons. The van der Waals surface area contributed by atoms with Gasteiger partial charge in [0.05, 0.1) is 16.9 Å². The standard InChI is InChI=1S/C29H25FN4O3/c1-4-9-22-24(28(36)34(31-22)23-11-8-10-18(2)19(23)3)25-26(32-16-6-5-7-17-32)29(37)33(27(25)35)21-14-12-20(30)13-15-21/h5-8,10-17H,4,9H2,1-3H3/p+1. The van der Waals surface area contributed by atoms with Crippen molar-refractivity contribution in [1.82, 2.24) is 9.78 Å². The Labute approximate surface area is 213 Å². The van der Waals surface area contributed by atoms with Crippen molar-refractivity contribution in [3.8, 4) is 5.69 Å². The third-order valence-corrected chi connectivity index (χ3v) is 6.65. The number of rotatable bonds is 6. The van der Waals surface area contributed by atoms with Crippen LogP contribution >= 0.6 is 0 Å². The fourth-order valence-corrected chi connectivity index (χ4v) is 4.67. The van der Waals surface area contributed by atoms with Gasteiger partial charge in [-0.2, -0.15) is 4.57 Å². The number of aryl methyl sites for hydroxylation is 2. The van der Waals surface area contributed by atoms with E-state index in [2.05, 4.69) is 5.10 Å². The van der Waals surface area contributed by atoms with E-state index in [1.807, 2.05) is 39.0 Å². The van der Waals surface area contributed by atoms with Crippen LogP contribution in [0, 0.1) is 19.7 Å². The maximum atomic E-state index is 14.0. The minimum atomic E-state index is -0.635. The fraction of sp³-hybridized carbons (Fsp3) is 0.172. The highest BCUT2D eigenvalue weighted by Gasteiger charge is 2.48. The second-order valence-corrected chi connectivity index (χ2v) is 9.00. The van der Waals surface area contributed by atoms with Crippen molar-refractivity contribution in [3.63, 3.8) is 0 Å². The Morgan fingerprint density at radius 2 is 1.59 bits per heavy atom. The maximum Gasteiger partial charge on any atom is 0.331 e. The first-order chi connectivity index (χ1) is 17.8.